The van der Waals surface area contributed by atoms with Gasteiger partial charge in [0.1, 0.15) is 0 Å². The highest BCUT2D eigenvalue weighted by molar-refractivity contribution is 7.80. The minimum absolute atomic E-state index is 0.779. The standard InChI is InChI=1S/C40H84O3SSi/c1-4-7-10-13-16-19-22-23-26-29-32-35-38-43-45(40-39-44,41-36-33-30-27-24-20-17-14-11-8-5-2)42-37-34-31-28-25-21-18-15-12-9-6-3/h44H,4-40H2,1-3H3. The molecule has 0 amide bonds. The van der Waals surface area contributed by atoms with Gasteiger partial charge in [-0.25, -0.2) is 0 Å². The highest BCUT2D eigenvalue weighted by Crippen LogP contribution is 2.21. The van der Waals surface area contributed by atoms with Gasteiger partial charge in [-0.1, -0.05) is 207 Å². The number of rotatable bonds is 40. The van der Waals surface area contributed by atoms with E-state index < -0.39 is 8.80 Å². The van der Waals surface area contributed by atoms with E-state index in [1.165, 1.54) is 186 Å². The molecule has 0 spiro atoms. The van der Waals surface area contributed by atoms with Crippen LogP contribution in [0.5, 0.6) is 0 Å². The van der Waals surface area contributed by atoms with Gasteiger partial charge in [0, 0.05) is 25.9 Å². The molecule has 0 heterocycles. The molecule has 0 aromatic carbocycles. The van der Waals surface area contributed by atoms with Crippen LogP contribution in [0.2, 0.25) is 6.04 Å². The maximum Gasteiger partial charge on any atom is 0.501 e. The van der Waals surface area contributed by atoms with E-state index in [2.05, 4.69) is 33.4 Å². The smallest absolute Gasteiger partial charge is 0.373 e. The maximum atomic E-state index is 6.59. The third-order valence-corrected chi connectivity index (χ3v) is 12.8. The molecule has 0 atom stereocenters. The Balaban J connectivity index is 4.33. The largest absolute Gasteiger partial charge is 0.501 e. The fourth-order valence-corrected chi connectivity index (χ4v) is 9.43. The molecule has 272 valence electrons. The molecule has 0 saturated heterocycles. The molecule has 0 N–H and O–H groups in total. The molecular formula is C40H84O3SSi. The molecule has 5 heteroatoms. The Morgan fingerprint density at radius 1 is 0.311 bits per heavy atom. The summed E-state index contributed by atoms with van der Waals surface area (Å²) in [6.45, 7) is 9.24. The zero-order chi connectivity index (χ0) is 32.8. The first kappa shape index (κ1) is 45.4. The molecule has 0 aliphatic rings. The molecule has 0 fully saturated rings. The van der Waals surface area contributed by atoms with Crippen LogP contribution in [0.25, 0.3) is 0 Å². The van der Waals surface area contributed by atoms with Crippen LogP contribution in [0, 0.1) is 0 Å². The summed E-state index contributed by atoms with van der Waals surface area (Å²) in [6.07, 6.45) is 43.3. The lowest BCUT2D eigenvalue weighted by Gasteiger charge is -2.29. The Kier molecular flexibility index (Phi) is 39.3. The van der Waals surface area contributed by atoms with Gasteiger partial charge in [-0.2, -0.15) is 12.6 Å². The Labute approximate surface area is 291 Å². The van der Waals surface area contributed by atoms with E-state index in [4.69, 9.17) is 13.3 Å². The molecule has 0 rings (SSSR count). The van der Waals surface area contributed by atoms with Crippen LogP contribution in [0.1, 0.15) is 226 Å². The highest BCUT2D eigenvalue weighted by atomic mass is 32.1. The van der Waals surface area contributed by atoms with E-state index >= 15 is 0 Å². The molecule has 0 unspecified atom stereocenters. The summed E-state index contributed by atoms with van der Waals surface area (Å²) in [4.78, 5) is 0. The third kappa shape index (κ3) is 34.1. The Bertz CT molecular complexity index is 510. The molecule has 0 radical (unpaired) electrons. The minimum Gasteiger partial charge on any atom is -0.373 e. The minimum atomic E-state index is -2.66. The first-order valence-electron chi connectivity index (χ1n) is 20.8. The molecule has 0 aliphatic carbocycles. The first-order valence-corrected chi connectivity index (χ1v) is 23.3. The topological polar surface area (TPSA) is 27.7 Å². The van der Waals surface area contributed by atoms with Crippen molar-refractivity contribution in [1.29, 1.82) is 0 Å². The second-order valence-corrected chi connectivity index (χ2v) is 17.1. The van der Waals surface area contributed by atoms with Gasteiger partial charge in [-0.05, 0) is 25.0 Å². The van der Waals surface area contributed by atoms with Crippen LogP contribution < -0.4 is 0 Å². The SMILES string of the molecule is CCCCCCCCCCCCCCO[Si](CCS)(OCCCCCCCCCCCC)OCCCCCCCCCCCC. The zero-order valence-electron chi connectivity index (χ0n) is 31.3. The summed E-state index contributed by atoms with van der Waals surface area (Å²) in [5.41, 5.74) is 0. The van der Waals surface area contributed by atoms with Crippen LogP contribution in [-0.2, 0) is 13.3 Å². The van der Waals surface area contributed by atoms with Crippen molar-refractivity contribution in [2.75, 3.05) is 25.6 Å². The van der Waals surface area contributed by atoms with Crippen molar-refractivity contribution in [2.24, 2.45) is 0 Å². The van der Waals surface area contributed by atoms with Gasteiger partial charge in [-0.15, -0.1) is 0 Å². The average Bonchev–Trinajstić information content (AvgIpc) is 3.04. The van der Waals surface area contributed by atoms with Crippen LogP contribution in [-0.4, -0.2) is 34.4 Å². The van der Waals surface area contributed by atoms with E-state index in [1.807, 2.05) is 0 Å². The number of hydrogen-bond donors (Lipinski definition) is 1. The Morgan fingerprint density at radius 3 is 0.711 bits per heavy atom. The molecule has 3 nitrogen and oxygen atoms in total. The molecule has 0 aromatic heterocycles. The van der Waals surface area contributed by atoms with Gasteiger partial charge in [0.2, 0.25) is 0 Å². The van der Waals surface area contributed by atoms with Crippen LogP contribution in [0.4, 0.5) is 0 Å². The van der Waals surface area contributed by atoms with E-state index in [-0.39, 0.29) is 0 Å². The fraction of sp³-hybridized carbons (Fsp3) is 1.00. The second kappa shape index (κ2) is 38.9. The van der Waals surface area contributed by atoms with Crippen molar-refractivity contribution in [3.8, 4) is 0 Å². The van der Waals surface area contributed by atoms with Crippen molar-refractivity contribution in [2.45, 2.75) is 232 Å². The monoisotopic (exact) mass is 673 g/mol. The highest BCUT2D eigenvalue weighted by Gasteiger charge is 2.40. The van der Waals surface area contributed by atoms with Crippen molar-refractivity contribution in [3.05, 3.63) is 0 Å². The van der Waals surface area contributed by atoms with E-state index in [0.29, 0.717) is 0 Å². The maximum absolute atomic E-state index is 6.59. The molecule has 45 heavy (non-hydrogen) atoms. The van der Waals surface area contributed by atoms with Gasteiger partial charge >= 0.3 is 8.80 Å². The predicted octanol–water partition coefficient (Wildman–Crippen LogP) is 14.4. The summed E-state index contributed by atoms with van der Waals surface area (Å²) in [7, 11) is -2.66. The summed E-state index contributed by atoms with van der Waals surface area (Å²) in [6, 6.07) is 0.837. The summed E-state index contributed by atoms with van der Waals surface area (Å²) in [5.74, 6) is 0.779. The van der Waals surface area contributed by atoms with Gasteiger partial charge in [0.15, 0.2) is 0 Å². The lowest BCUT2D eigenvalue weighted by molar-refractivity contribution is 0.0566. The van der Waals surface area contributed by atoms with E-state index in [1.54, 1.807) is 0 Å². The van der Waals surface area contributed by atoms with Crippen molar-refractivity contribution in [3.63, 3.8) is 0 Å². The molecule has 0 aliphatic heterocycles. The van der Waals surface area contributed by atoms with Crippen molar-refractivity contribution in [1.82, 2.24) is 0 Å². The lowest BCUT2D eigenvalue weighted by atomic mass is 10.1. The fourth-order valence-electron chi connectivity index (χ4n) is 6.28. The summed E-state index contributed by atoms with van der Waals surface area (Å²) >= 11 is 4.62. The molecule has 0 aromatic rings. The van der Waals surface area contributed by atoms with E-state index in [9.17, 15) is 0 Å². The molecule has 0 bridgehead atoms. The van der Waals surface area contributed by atoms with Gasteiger partial charge < -0.3 is 13.3 Å². The van der Waals surface area contributed by atoms with Crippen molar-refractivity contribution < 1.29 is 13.3 Å². The average molecular weight is 673 g/mol. The molecular weight excluding hydrogens is 589 g/mol. The number of hydrogen-bond acceptors (Lipinski definition) is 4. The van der Waals surface area contributed by atoms with Crippen LogP contribution in [0.3, 0.4) is 0 Å². The van der Waals surface area contributed by atoms with E-state index in [0.717, 1.165) is 50.9 Å². The van der Waals surface area contributed by atoms with Gasteiger partial charge in [0.05, 0.1) is 0 Å². The molecule has 0 saturated carbocycles. The van der Waals surface area contributed by atoms with Crippen LogP contribution in [0.15, 0.2) is 0 Å². The second-order valence-electron chi connectivity index (χ2n) is 14.0. The summed E-state index contributed by atoms with van der Waals surface area (Å²) in [5, 5.41) is 0. The predicted molar refractivity (Wildman–Crippen MR) is 207 cm³/mol. The van der Waals surface area contributed by atoms with Crippen molar-refractivity contribution >= 4 is 21.4 Å². The van der Waals surface area contributed by atoms with Crippen LogP contribution >= 0.6 is 12.6 Å². The zero-order valence-corrected chi connectivity index (χ0v) is 33.2. The van der Waals surface area contributed by atoms with Gasteiger partial charge in [0.25, 0.3) is 0 Å². The normalized spacial score (nSPS) is 12.0. The third-order valence-electron chi connectivity index (χ3n) is 9.38. The van der Waals surface area contributed by atoms with Gasteiger partial charge in [-0.3, -0.25) is 0 Å². The number of thiol groups is 1. The summed E-state index contributed by atoms with van der Waals surface area (Å²) < 4.78 is 19.8. The number of unbranched alkanes of at least 4 members (excludes halogenated alkanes) is 29. The quantitative estimate of drug-likeness (QED) is 0.0399. The Hall–Kier alpha value is 0.447. The first-order chi connectivity index (χ1) is 22.2. The Morgan fingerprint density at radius 2 is 0.511 bits per heavy atom. The lowest BCUT2D eigenvalue weighted by Crippen LogP contribution is -2.47.